The maximum Gasteiger partial charge on any atom is 0.374 e. The van der Waals surface area contributed by atoms with Gasteiger partial charge in [-0.2, -0.15) is 8.78 Å². The molecule has 0 aromatic rings. The molecule has 1 fully saturated rings. The van der Waals surface area contributed by atoms with Gasteiger partial charge >= 0.3 is 11.9 Å². The molecule has 15 heavy (non-hydrogen) atoms. The van der Waals surface area contributed by atoms with Gasteiger partial charge in [0.05, 0.1) is 18.8 Å². The molecule has 1 saturated heterocycles. The molecular formula is C8H12F2O5. The summed E-state index contributed by atoms with van der Waals surface area (Å²) in [5, 5.41) is 26.4. The molecule has 0 spiro atoms. The fourth-order valence-corrected chi connectivity index (χ4v) is 1.36. The number of hydrogen-bond acceptors (Lipinski definition) is 4. The first kappa shape index (κ1) is 12.3. The molecule has 5 nitrogen and oxygen atoms in total. The number of aliphatic carboxylic acids is 1. The minimum absolute atomic E-state index is 0.190. The van der Waals surface area contributed by atoms with Gasteiger partial charge in [-0.1, -0.05) is 0 Å². The Balaban J connectivity index is 2.50. The quantitative estimate of drug-likeness (QED) is 0.610. The third-order valence-corrected chi connectivity index (χ3v) is 2.25. The summed E-state index contributed by atoms with van der Waals surface area (Å²) < 4.78 is 30.3. The second-order valence-electron chi connectivity index (χ2n) is 3.54. The highest BCUT2D eigenvalue weighted by molar-refractivity contribution is 5.75. The van der Waals surface area contributed by atoms with E-state index in [0.29, 0.717) is 0 Å². The second kappa shape index (κ2) is 4.38. The van der Waals surface area contributed by atoms with E-state index >= 15 is 0 Å². The van der Waals surface area contributed by atoms with Crippen molar-refractivity contribution < 1.29 is 33.6 Å². The molecule has 3 unspecified atom stereocenters. The van der Waals surface area contributed by atoms with Crippen molar-refractivity contribution in [3.8, 4) is 0 Å². The van der Waals surface area contributed by atoms with Gasteiger partial charge < -0.3 is 20.1 Å². The molecule has 88 valence electrons. The average molecular weight is 226 g/mol. The normalized spacial score (nSPS) is 32.7. The second-order valence-corrected chi connectivity index (χ2v) is 3.54. The van der Waals surface area contributed by atoms with Gasteiger partial charge in [-0.05, 0) is 0 Å². The number of aliphatic hydroxyl groups excluding tert-OH is 2. The van der Waals surface area contributed by atoms with Crippen LogP contribution in [0.15, 0.2) is 0 Å². The van der Waals surface area contributed by atoms with Crippen molar-refractivity contribution in [1.29, 1.82) is 0 Å². The van der Waals surface area contributed by atoms with Crippen LogP contribution in [-0.4, -0.2) is 52.1 Å². The van der Waals surface area contributed by atoms with Crippen molar-refractivity contribution in [3.05, 3.63) is 0 Å². The fourth-order valence-electron chi connectivity index (χ4n) is 1.36. The highest BCUT2D eigenvalue weighted by Gasteiger charge is 2.43. The van der Waals surface area contributed by atoms with E-state index in [1.807, 2.05) is 0 Å². The van der Waals surface area contributed by atoms with Gasteiger partial charge in [0.25, 0.3) is 0 Å². The molecule has 0 aromatic carbocycles. The number of hydrogen-bond donors (Lipinski definition) is 3. The van der Waals surface area contributed by atoms with Gasteiger partial charge in [-0.3, -0.25) is 0 Å². The lowest BCUT2D eigenvalue weighted by molar-refractivity contribution is -0.179. The van der Waals surface area contributed by atoms with E-state index in [4.69, 9.17) is 20.1 Å². The maximum atomic E-state index is 12.7. The highest BCUT2D eigenvalue weighted by atomic mass is 19.3. The first-order valence-corrected chi connectivity index (χ1v) is 4.42. The molecule has 0 aliphatic carbocycles. The van der Waals surface area contributed by atoms with E-state index in [9.17, 15) is 13.6 Å². The zero-order valence-electron chi connectivity index (χ0n) is 7.77. The van der Waals surface area contributed by atoms with Crippen LogP contribution >= 0.6 is 0 Å². The predicted molar refractivity (Wildman–Crippen MR) is 43.6 cm³/mol. The van der Waals surface area contributed by atoms with Crippen LogP contribution in [0.2, 0.25) is 0 Å². The lowest BCUT2D eigenvalue weighted by atomic mass is 9.99. The van der Waals surface area contributed by atoms with E-state index in [2.05, 4.69) is 0 Å². The number of halogens is 2. The minimum Gasteiger partial charge on any atom is -0.477 e. The Labute approximate surface area is 84.3 Å². The van der Waals surface area contributed by atoms with E-state index in [1.165, 1.54) is 0 Å². The van der Waals surface area contributed by atoms with Crippen LogP contribution < -0.4 is 0 Å². The topological polar surface area (TPSA) is 87.0 Å². The SMILES string of the molecule is O=C(O)C(F)(F)CC1CC(O)C(O)CO1. The van der Waals surface area contributed by atoms with E-state index in [-0.39, 0.29) is 13.0 Å². The lowest BCUT2D eigenvalue weighted by Gasteiger charge is -2.31. The van der Waals surface area contributed by atoms with Crippen molar-refractivity contribution in [3.63, 3.8) is 0 Å². The summed E-state index contributed by atoms with van der Waals surface area (Å²) in [4.78, 5) is 10.1. The third kappa shape index (κ3) is 3.08. The standard InChI is InChI=1S/C8H12F2O5/c9-8(10,7(13)14)2-4-1-5(11)6(12)3-15-4/h4-6,11-12H,1-3H2,(H,13,14). The van der Waals surface area contributed by atoms with Gasteiger partial charge in [-0.25, -0.2) is 4.79 Å². The Morgan fingerprint density at radius 2 is 2.00 bits per heavy atom. The van der Waals surface area contributed by atoms with E-state index in [0.717, 1.165) is 0 Å². The van der Waals surface area contributed by atoms with E-state index in [1.54, 1.807) is 0 Å². The molecule has 1 aliphatic rings. The molecule has 3 N–H and O–H groups in total. The zero-order chi connectivity index (χ0) is 11.6. The summed E-state index contributed by atoms with van der Waals surface area (Å²) in [6, 6.07) is 0. The molecule has 0 amide bonds. The summed E-state index contributed by atoms with van der Waals surface area (Å²) in [5.74, 6) is -6.08. The van der Waals surface area contributed by atoms with Crippen LogP contribution in [0, 0.1) is 0 Å². The van der Waals surface area contributed by atoms with Crippen molar-refractivity contribution in [2.24, 2.45) is 0 Å². The molecule has 0 saturated carbocycles. The molecule has 7 heteroatoms. The van der Waals surface area contributed by atoms with Crippen LogP contribution in [0.4, 0.5) is 8.78 Å². The number of carboxylic acid groups (broad SMARTS) is 1. The number of carbonyl (C=O) groups is 1. The van der Waals surface area contributed by atoms with Gasteiger partial charge in [0, 0.05) is 12.8 Å². The van der Waals surface area contributed by atoms with Gasteiger partial charge in [-0.15, -0.1) is 0 Å². The first-order chi connectivity index (χ1) is 6.83. The Kier molecular flexibility index (Phi) is 3.58. The number of alkyl halides is 2. The molecule has 0 aromatic heterocycles. The molecule has 1 heterocycles. The monoisotopic (exact) mass is 226 g/mol. The number of rotatable bonds is 3. The van der Waals surface area contributed by atoms with Crippen molar-refractivity contribution in [1.82, 2.24) is 0 Å². The largest absolute Gasteiger partial charge is 0.477 e. The Bertz CT molecular complexity index is 245. The maximum absolute atomic E-state index is 12.7. The van der Waals surface area contributed by atoms with Crippen LogP contribution in [0.25, 0.3) is 0 Å². The summed E-state index contributed by atoms with van der Waals surface area (Å²) in [5.41, 5.74) is 0. The highest BCUT2D eigenvalue weighted by Crippen LogP contribution is 2.27. The van der Waals surface area contributed by atoms with Gasteiger partial charge in [0.2, 0.25) is 0 Å². The molecule has 1 aliphatic heterocycles. The van der Waals surface area contributed by atoms with Crippen molar-refractivity contribution in [2.75, 3.05) is 6.61 Å². The van der Waals surface area contributed by atoms with Crippen molar-refractivity contribution >= 4 is 5.97 Å². The first-order valence-electron chi connectivity index (χ1n) is 4.42. The van der Waals surface area contributed by atoms with E-state index < -0.39 is 36.6 Å². The third-order valence-electron chi connectivity index (χ3n) is 2.25. The van der Waals surface area contributed by atoms with Crippen LogP contribution in [0.3, 0.4) is 0 Å². The summed E-state index contributed by atoms with van der Waals surface area (Å²) in [7, 11) is 0. The molecule has 1 rings (SSSR count). The Hall–Kier alpha value is -0.790. The minimum atomic E-state index is -3.87. The number of aliphatic hydroxyl groups is 2. The number of ether oxygens (including phenoxy) is 1. The van der Waals surface area contributed by atoms with Gasteiger partial charge in [0.15, 0.2) is 0 Å². The van der Waals surface area contributed by atoms with Gasteiger partial charge in [0.1, 0.15) is 6.10 Å². The summed E-state index contributed by atoms with van der Waals surface area (Å²) in [6.45, 7) is -0.262. The molecule has 0 radical (unpaired) electrons. The lowest BCUT2D eigenvalue weighted by Crippen LogP contribution is -2.44. The molecule has 3 atom stereocenters. The zero-order valence-corrected chi connectivity index (χ0v) is 7.77. The van der Waals surface area contributed by atoms with Crippen LogP contribution in [0.1, 0.15) is 12.8 Å². The van der Waals surface area contributed by atoms with Crippen LogP contribution in [0.5, 0.6) is 0 Å². The summed E-state index contributed by atoms with van der Waals surface area (Å²) in [6.07, 6.45) is -4.47. The predicted octanol–water partition coefficient (Wildman–Crippen LogP) is -0.393. The smallest absolute Gasteiger partial charge is 0.374 e. The fraction of sp³-hybridized carbons (Fsp3) is 0.875. The molecule has 0 bridgehead atoms. The average Bonchev–Trinajstić information content (AvgIpc) is 2.10. The number of carboxylic acids is 1. The summed E-state index contributed by atoms with van der Waals surface area (Å²) >= 11 is 0. The Morgan fingerprint density at radius 1 is 1.40 bits per heavy atom. The van der Waals surface area contributed by atoms with Crippen LogP contribution in [-0.2, 0) is 9.53 Å². The molecular weight excluding hydrogens is 214 g/mol. The van der Waals surface area contributed by atoms with Crippen molar-refractivity contribution in [2.45, 2.75) is 37.1 Å². The Morgan fingerprint density at radius 3 is 2.47 bits per heavy atom.